The summed E-state index contributed by atoms with van der Waals surface area (Å²) in [6.07, 6.45) is 0. The average Bonchev–Trinajstić information content (AvgIpc) is 2.46. The molecule has 0 saturated heterocycles. The Bertz CT molecular complexity index is 380. The molecule has 0 spiro atoms. The number of benzene rings is 1. The van der Waals surface area contributed by atoms with Gasteiger partial charge in [-0.3, -0.25) is 0 Å². The van der Waals surface area contributed by atoms with Crippen LogP contribution in [0.25, 0.3) is 0 Å². The lowest BCUT2D eigenvalue weighted by atomic mass is 10.2. The van der Waals surface area contributed by atoms with Gasteiger partial charge in [-0.1, -0.05) is 22.0 Å². The summed E-state index contributed by atoms with van der Waals surface area (Å²) in [5.41, 5.74) is 2.27. The Morgan fingerprint density at radius 2 is 1.70 bits per heavy atom. The van der Waals surface area contributed by atoms with Crippen molar-refractivity contribution in [3.8, 4) is 0 Å². The first kappa shape index (κ1) is 17.8. The summed E-state index contributed by atoms with van der Waals surface area (Å²) in [5.74, 6) is 0.502. The van der Waals surface area contributed by atoms with E-state index in [4.69, 9.17) is 21.1 Å². The molecular formula is C15H23BrClNO2. The van der Waals surface area contributed by atoms with Crippen molar-refractivity contribution in [1.29, 1.82) is 0 Å². The molecular weight excluding hydrogens is 342 g/mol. The van der Waals surface area contributed by atoms with Crippen molar-refractivity contribution >= 4 is 33.2 Å². The predicted octanol–water partition coefficient (Wildman–Crippen LogP) is 4.07. The summed E-state index contributed by atoms with van der Waals surface area (Å²) in [7, 11) is 0. The van der Waals surface area contributed by atoms with Gasteiger partial charge in [0.25, 0.3) is 0 Å². The summed E-state index contributed by atoms with van der Waals surface area (Å²) < 4.78 is 12.0. The second kappa shape index (κ2) is 10.4. The molecule has 0 N–H and O–H groups in total. The van der Waals surface area contributed by atoms with Gasteiger partial charge in [-0.25, -0.2) is 0 Å². The van der Waals surface area contributed by atoms with Crippen molar-refractivity contribution in [2.75, 3.05) is 44.4 Å². The van der Waals surface area contributed by atoms with Crippen LogP contribution in [0, 0.1) is 0 Å². The number of hydrogen-bond donors (Lipinski definition) is 0. The van der Waals surface area contributed by atoms with E-state index < -0.39 is 0 Å². The van der Waals surface area contributed by atoms with Crippen LogP contribution in [-0.2, 0) is 15.4 Å². The Kier molecular flexibility index (Phi) is 9.27. The van der Waals surface area contributed by atoms with Crippen LogP contribution in [0.5, 0.6) is 0 Å². The molecule has 0 fully saturated rings. The van der Waals surface area contributed by atoms with E-state index in [0.29, 0.717) is 19.1 Å². The molecule has 0 heterocycles. The summed E-state index contributed by atoms with van der Waals surface area (Å²) >= 11 is 9.57. The molecule has 0 atom stereocenters. The van der Waals surface area contributed by atoms with Gasteiger partial charge >= 0.3 is 0 Å². The lowest BCUT2D eigenvalue weighted by Gasteiger charge is -2.27. The van der Waals surface area contributed by atoms with Crippen LogP contribution in [0.4, 0.5) is 5.69 Å². The molecule has 0 bridgehead atoms. The Hall–Kier alpha value is -0.290. The zero-order valence-electron chi connectivity index (χ0n) is 12.2. The maximum absolute atomic E-state index is 6.05. The molecule has 1 rings (SSSR count). The first-order chi connectivity index (χ1) is 9.72. The van der Waals surface area contributed by atoms with Crippen LogP contribution >= 0.6 is 27.5 Å². The second-order valence-corrected chi connectivity index (χ2v) is 5.47. The highest BCUT2D eigenvalue weighted by Crippen LogP contribution is 2.26. The molecule has 0 unspecified atom stereocenters. The minimum absolute atomic E-state index is 0.502. The zero-order valence-corrected chi connectivity index (χ0v) is 14.5. The molecule has 0 aromatic heterocycles. The third kappa shape index (κ3) is 6.00. The van der Waals surface area contributed by atoms with Gasteiger partial charge in [0, 0.05) is 42.3 Å². The third-order valence-electron chi connectivity index (χ3n) is 2.95. The Morgan fingerprint density at radius 1 is 1.10 bits per heavy atom. The first-order valence-corrected chi connectivity index (χ1v) is 8.30. The maximum Gasteiger partial charge on any atom is 0.0641 e. The van der Waals surface area contributed by atoms with E-state index in [1.165, 1.54) is 0 Å². The highest BCUT2D eigenvalue weighted by Gasteiger charge is 2.11. The summed E-state index contributed by atoms with van der Waals surface area (Å²) in [6.45, 7) is 8.57. The molecule has 0 radical (unpaired) electrons. The van der Waals surface area contributed by atoms with Crippen molar-refractivity contribution in [1.82, 2.24) is 0 Å². The van der Waals surface area contributed by atoms with E-state index in [9.17, 15) is 0 Å². The van der Waals surface area contributed by atoms with Crippen LogP contribution < -0.4 is 4.90 Å². The lowest BCUT2D eigenvalue weighted by molar-refractivity contribution is 0.141. The monoisotopic (exact) mass is 363 g/mol. The number of ether oxygens (including phenoxy) is 2. The van der Waals surface area contributed by atoms with Crippen molar-refractivity contribution in [3.63, 3.8) is 0 Å². The number of anilines is 1. The molecule has 0 amide bonds. The summed E-state index contributed by atoms with van der Waals surface area (Å²) in [6, 6.07) is 6.18. The van der Waals surface area contributed by atoms with Crippen molar-refractivity contribution in [2.24, 2.45) is 0 Å². The minimum Gasteiger partial charge on any atom is -0.380 e. The molecule has 0 aliphatic rings. The standard InChI is InChI=1S/C15H23BrClNO2/c1-3-19-9-7-18(8-10-20-4-2)15-11-14(16)6-5-13(15)12-17/h5-6,11H,3-4,7-10,12H2,1-2H3. The van der Waals surface area contributed by atoms with Gasteiger partial charge in [-0.2, -0.15) is 0 Å². The van der Waals surface area contributed by atoms with Gasteiger partial charge in [0.2, 0.25) is 0 Å². The topological polar surface area (TPSA) is 21.7 Å². The van der Waals surface area contributed by atoms with Gasteiger partial charge in [0.15, 0.2) is 0 Å². The van der Waals surface area contributed by atoms with E-state index >= 15 is 0 Å². The number of hydrogen-bond acceptors (Lipinski definition) is 3. The van der Waals surface area contributed by atoms with Crippen LogP contribution in [-0.4, -0.2) is 39.5 Å². The van der Waals surface area contributed by atoms with Gasteiger partial charge < -0.3 is 14.4 Å². The van der Waals surface area contributed by atoms with Crippen LogP contribution in [0.1, 0.15) is 19.4 Å². The fraction of sp³-hybridized carbons (Fsp3) is 0.600. The van der Waals surface area contributed by atoms with E-state index in [2.05, 4.69) is 33.0 Å². The number of nitrogens with zero attached hydrogens (tertiary/aromatic N) is 1. The molecule has 0 saturated carbocycles. The molecule has 114 valence electrons. The summed E-state index contributed by atoms with van der Waals surface area (Å²) in [4.78, 5) is 2.27. The molecule has 1 aromatic rings. The maximum atomic E-state index is 6.05. The molecule has 5 heteroatoms. The van der Waals surface area contributed by atoms with E-state index in [0.717, 1.165) is 42.0 Å². The fourth-order valence-electron chi connectivity index (χ4n) is 1.94. The Balaban J connectivity index is 2.80. The minimum atomic E-state index is 0.502. The fourth-order valence-corrected chi connectivity index (χ4v) is 2.51. The van der Waals surface area contributed by atoms with Gasteiger partial charge in [0.05, 0.1) is 13.2 Å². The lowest BCUT2D eigenvalue weighted by Crippen LogP contribution is -2.31. The molecule has 3 nitrogen and oxygen atoms in total. The van der Waals surface area contributed by atoms with E-state index in [1.54, 1.807) is 0 Å². The second-order valence-electron chi connectivity index (χ2n) is 4.29. The smallest absolute Gasteiger partial charge is 0.0641 e. The zero-order chi connectivity index (χ0) is 14.8. The average molecular weight is 365 g/mol. The predicted molar refractivity (Wildman–Crippen MR) is 88.9 cm³/mol. The third-order valence-corrected chi connectivity index (χ3v) is 3.73. The van der Waals surface area contributed by atoms with Gasteiger partial charge in [0.1, 0.15) is 0 Å². The highest BCUT2D eigenvalue weighted by atomic mass is 79.9. The van der Waals surface area contributed by atoms with Gasteiger partial charge in [-0.05, 0) is 31.5 Å². The van der Waals surface area contributed by atoms with Crippen LogP contribution in [0.15, 0.2) is 22.7 Å². The summed E-state index contributed by atoms with van der Waals surface area (Å²) in [5, 5.41) is 0. The molecule has 20 heavy (non-hydrogen) atoms. The molecule has 0 aliphatic heterocycles. The molecule has 0 aliphatic carbocycles. The van der Waals surface area contributed by atoms with Crippen LogP contribution in [0.3, 0.4) is 0 Å². The number of rotatable bonds is 10. The van der Waals surface area contributed by atoms with E-state index in [1.807, 2.05) is 19.9 Å². The quantitative estimate of drug-likeness (QED) is 0.461. The van der Waals surface area contributed by atoms with Crippen molar-refractivity contribution in [2.45, 2.75) is 19.7 Å². The van der Waals surface area contributed by atoms with Crippen LogP contribution in [0.2, 0.25) is 0 Å². The van der Waals surface area contributed by atoms with Crippen molar-refractivity contribution < 1.29 is 9.47 Å². The number of halogens is 2. The normalized spacial score (nSPS) is 10.8. The van der Waals surface area contributed by atoms with Gasteiger partial charge in [-0.15, -0.1) is 11.6 Å². The SMILES string of the molecule is CCOCCN(CCOCC)c1cc(Br)ccc1CCl. The Morgan fingerprint density at radius 3 is 2.20 bits per heavy atom. The first-order valence-electron chi connectivity index (χ1n) is 6.97. The molecule has 1 aromatic carbocycles. The largest absolute Gasteiger partial charge is 0.380 e. The van der Waals surface area contributed by atoms with Crippen molar-refractivity contribution in [3.05, 3.63) is 28.2 Å². The van der Waals surface area contributed by atoms with E-state index in [-0.39, 0.29) is 0 Å². The Labute approximate surface area is 135 Å². The highest BCUT2D eigenvalue weighted by molar-refractivity contribution is 9.10. The number of alkyl halides is 1.